The van der Waals surface area contributed by atoms with Crippen molar-refractivity contribution in [2.75, 3.05) is 6.54 Å². The van der Waals surface area contributed by atoms with E-state index < -0.39 is 0 Å². The lowest BCUT2D eigenvalue weighted by Crippen LogP contribution is -2.37. The fraction of sp³-hybridized carbons (Fsp3) is 0.875. The van der Waals surface area contributed by atoms with Crippen molar-refractivity contribution in [1.29, 1.82) is 0 Å². The Morgan fingerprint density at radius 2 is 2.40 bits per heavy atom. The number of hydrogen-bond donors (Lipinski definition) is 0. The minimum absolute atomic E-state index is 0.818. The third-order valence-corrected chi connectivity index (χ3v) is 3.30. The first-order valence-corrected chi connectivity index (χ1v) is 4.22. The molecule has 3 unspecified atom stereocenters. The topological polar surface area (TPSA) is 15.6 Å². The highest BCUT2D eigenvalue weighted by atomic mass is 15.3. The lowest BCUT2D eigenvalue weighted by Gasteiger charge is -2.27. The minimum atomic E-state index is 0.818. The van der Waals surface area contributed by atoms with Gasteiger partial charge >= 0.3 is 0 Å². The molecule has 0 aromatic heterocycles. The van der Waals surface area contributed by atoms with Crippen molar-refractivity contribution in [1.82, 2.24) is 4.90 Å². The van der Waals surface area contributed by atoms with Gasteiger partial charge < -0.3 is 4.90 Å². The number of hydrogen-bond acceptors (Lipinski definition) is 2. The maximum absolute atomic E-state index is 4.31. The van der Waals surface area contributed by atoms with Crippen molar-refractivity contribution in [2.45, 2.75) is 31.3 Å². The molecule has 2 heterocycles. The van der Waals surface area contributed by atoms with Gasteiger partial charge in [-0.1, -0.05) is 0 Å². The summed E-state index contributed by atoms with van der Waals surface area (Å²) in [5.74, 6) is 0.993. The Hall–Kier alpha value is -0.530. The van der Waals surface area contributed by atoms with E-state index in [9.17, 15) is 0 Å². The highest BCUT2D eigenvalue weighted by Gasteiger charge is 2.45. The molecule has 0 N–H and O–H groups in total. The SMILES string of the molecule is C1=NCC2C3CCC(C3)N12. The van der Waals surface area contributed by atoms with Gasteiger partial charge in [0.05, 0.1) is 18.9 Å². The molecule has 2 bridgehead atoms. The molecule has 0 amide bonds. The van der Waals surface area contributed by atoms with Gasteiger partial charge in [-0.05, 0) is 25.2 Å². The summed E-state index contributed by atoms with van der Waals surface area (Å²) < 4.78 is 0. The highest BCUT2D eigenvalue weighted by Crippen LogP contribution is 2.42. The van der Waals surface area contributed by atoms with Crippen molar-refractivity contribution in [2.24, 2.45) is 10.9 Å². The van der Waals surface area contributed by atoms with Crippen LogP contribution in [0, 0.1) is 5.92 Å². The van der Waals surface area contributed by atoms with Crippen LogP contribution < -0.4 is 0 Å². The third-order valence-electron chi connectivity index (χ3n) is 3.30. The van der Waals surface area contributed by atoms with Gasteiger partial charge in [0.2, 0.25) is 0 Å². The van der Waals surface area contributed by atoms with Crippen molar-refractivity contribution in [3.8, 4) is 0 Å². The molecule has 54 valence electrons. The van der Waals surface area contributed by atoms with E-state index in [1.807, 2.05) is 0 Å². The Morgan fingerprint density at radius 1 is 1.40 bits per heavy atom. The van der Waals surface area contributed by atoms with Gasteiger partial charge in [0, 0.05) is 6.04 Å². The lowest BCUT2D eigenvalue weighted by molar-refractivity contribution is 0.263. The molecule has 2 aliphatic heterocycles. The summed E-state index contributed by atoms with van der Waals surface area (Å²) in [5.41, 5.74) is 0. The van der Waals surface area contributed by atoms with E-state index in [2.05, 4.69) is 16.2 Å². The molecule has 2 heteroatoms. The van der Waals surface area contributed by atoms with E-state index in [4.69, 9.17) is 0 Å². The normalized spacial score (nSPS) is 48.8. The summed E-state index contributed by atoms with van der Waals surface area (Å²) in [7, 11) is 0. The summed E-state index contributed by atoms with van der Waals surface area (Å²) in [4.78, 5) is 6.80. The fourth-order valence-electron chi connectivity index (χ4n) is 2.80. The van der Waals surface area contributed by atoms with Crippen molar-refractivity contribution >= 4 is 6.34 Å². The zero-order chi connectivity index (χ0) is 6.55. The molecule has 0 spiro atoms. The number of rotatable bonds is 0. The molecule has 1 saturated carbocycles. The van der Waals surface area contributed by atoms with Gasteiger partial charge in [-0.15, -0.1) is 0 Å². The van der Waals surface area contributed by atoms with E-state index >= 15 is 0 Å². The quantitative estimate of drug-likeness (QED) is 0.482. The van der Waals surface area contributed by atoms with Crippen LogP contribution in [0.25, 0.3) is 0 Å². The van der Waals surface area contributed by atoms with Crippen LogP contribution in [0.5, 0.6) is 0 Å². The smallest absolute Gasteiger partial charge is 0.0856 e. The fourth-order valence-corrected chi connectivity index (χ4v) is 2.80. The maximum Gasteiger partial charge on any atom is 0.0856 e. The largest absolute Gasteiger partial charge is 0.355 e. The van der Waals surface area contributed by atoms with Crippen molar-refractivity contribution in [3.05, 3.63) is 0 Å². The summed E-state index contributed by atoms with van der Waals surface area (Å²) in [5, 5.41) is 0. The molecular weight excluding hydrogens is 124 g/mol. The van der Waals surface area contributed by atoms with Crippen LogP contribution >= 0.6 is 0 Å². The third kappa shape index (κ3) is 0.446. The second kappa shape index (κ2) is 1.55. The zero-order valence-electron chi connectivity index (χ0n) is 6.03. The van der Waals surface area contributed by atoms with Gasteiger partial charge in [0.15, 0.2) is 0 Å². The Balaban J connectivity index is 1.97. The van der Waals surface area contributed by atoms with E-state index in [1.54, 1.807) is 0 Å². The second-order valence-electron chi connectivity index (χ2n) is 3.72. The van der Waals surface area contributed by atoms with E-state index in [0.29, 0.717) is 0 Å². The average Bonchev–Trinajstić information content (AvgIpc) is 2.60. The molecule has 3 rings (SSSR count). The van der Waals surface area contributed by atoms with Crippen molar-refractivity contribution in [3.63, 3.8) is 0 Å². The lowest BCUT2D eigenvalue weighted by atomic mass is 10.0. The molecular formula is C8H12N2. The molecule has 2 nitrogen and oxygen atoms in total. The molecule has 2 fully saturated rings. The maximum atomic E-state index is 4.31. The van der Waals surface area contributed by atoms with Crippen LogP contribution in [0.2, 0.25) is 0 Å². The van der Waals surface area contributed by atoms with E-state index in [0.717, 1.165) is 24.5 Å². The van der Waals surface area contributed by atoms with Crippen LogP contribution in [-0.4, -0.2) is 29.9 Å². The summed E-state index contributed by atoms with van der Waals surface area (Å²) in [6.45, 7) is 1.08. The van der Waals surface area contributed by atoms with Gasteiger partial charge in [-0.2, -0.15) is 0 Å². The van der Waals surface area contributed by atoms with Gasteiger partial charge in [0.25, 0.3) is 0 Å². The van der Waals surface area contributed by atoms with Crippen LogP contribution in [0.1, 0.15) is 19.3 Å². The minimum Gasteiger partial charge on any atom is -0.355 e. The Bertz CT molecular complexity index is 188. The van der Waals surface area contributed by atoms with Crippen LogP contribution in [0.3, 0.4) is 0 Å². The average molecular weight is 136 g/mol. The molecule has 3 atom stereocenters. The Morgan fingerprint density at radius 3 is 3.30 bits per heavy atom. The second-order valence-corrected chi connectivity index (χ2v) is 3.72. The van der Waals surface area contributed by atoms with E-state index in [1.165, 1.54) is 19.3 Å². The number of aliphatic imine (C=N–C) groups is 1. The molecule has 0 aromatic carbocycles. The van der Waals surface area contributed by atoms with Crippen LogP contribution in [0.4, 0.5) is 0 Å². The summed E-state index contributed by atoms with van der Waals surface area (Å²) in [6, 6.07) is 1.69. The van der Waals surface area contributed by atoms with Gasteiger partial charge in [0.1, 0.15) is 0 Å². The predicted octanol–water partition coefficient (Wildman–Crippen LogP) is 0.881. The molecule has 1 saturated heterocycles. The monoisotopic (exact) mass is 136 g/mol. The first-order valence-electron chi connectivity index (χ1n) is 4.22. The molecule has 0 aromatic rings. The molecule has 1 aliphatic carbocycles. The Kier molecular flexibility index (Phi) is 0.800. The first kappa shape index (κ1) is 5.16. The highest BCUT2D eigenvalue weighted by molar-refractivity contribution is 5.60. The van der Waals surface area contributed by atoms with Crippen LogP contribution in [-0.2, 0) is 0 Å². The van der Waals surface area contributed by atoms with Gasteiger partial charge in [-0.3, -0.25) is 4.99 Å². The number of fused-ring (bicyclic) bond motifs is 5. The predicted molar refractivity (Wildman–Crippen MR) is 40.1 cm³/mol. The van der Waals surface area contributed by atoms with E-state index in [-0.39, 0.29) is 0 Å². The van der Waals surface area contributed by atoms with Crippen LogP contribution in [0.15, 0.2) is 4.99 Å². The molecule has 3 aliphatic rings. The Labute approximate surface area is 60.9 Å². The van der Waals surface area contributed by atoms with Gasteiger partial charge in [-0.25, -0.2) is 0 Å². The first-order chi connectivity index (χ1) is 4.95. The summed E-state index contributed by atoms with van der Waals surface area (Å²) in [6.07, 6.45) is 6.42. The number of nitrogens with zero attached hydrogens (tertiary/aromatic N) is 2. The number of piperidine rings is 1. The van der Waals surface area contributed by atoms with Crippen molar-refractivity contribution < 1.29 is 0 Å². The molecule has 0 radical (unpaired) electrons. The standard InChI is InChI=1S/C8H12N2/c1-2-7-3-6(1)8-4-9-5-10(7)8/h5-8H,1-4H2. The summed E-state index contributed by atoms with van der Waals surface area (Å²) >= 11 is 0. The zero-order valence-corrected chi connectivity index (χ0v) is 6.03. The molecule has 10 heavy (non-hydrogen) atoms.